The molecule has 0 aromatic heterocycles. The van der Waals surface area contributed by atoms with Crippen molar-refractivity contribution in [2.24, 2.45) is 0 Å². The average molecular weight is 348 g/mol. The number of phenols is 1. The van der Waals surface area contributed by atoms with Crippen LogP contribution in [0.1, 0.15) is 16.7 Å². The number of benzene rings is 3. The molecule has 0 radical (unpaired) electrons. The van der Waals surface area contributed by atoms with Gasteiger partial charge in [0.05, 0.1) is 0 Å². The lowest BCUT2D eigenvalue weighted by atomic mass is 9.80. The predicted molar refractivity (Wildman–Crippen MR) is 104 cm³/mol. The topological polar surface area (TPSA) is 69.9 Å². The Balaban J connectivity index is 1.78. The molecule has 3 aromatic rings. The van der Waals surface area contributed by atoms with Gasteiger partial charge >= 0.3 is 7.12 Å². The van der Waals surface area contributed by atoms with Crippen molar-refractivity contribution in [1.82, 2.24) is 0 Å². The van der Waals surface area contributed by atoms with Crippen LogP contribution in [0.25, 0.3) is 11.1 Å². The maximum atomic E-state index is 9.73. The molecule has 0 fully saturated rings. The summed E-state index contributed by atoms with van der Waals surface area (Å²) in [7, 11) is -1.47. The molecule has 0 unspecified atom stereocenters. The zero-order valence-electron chi connectivity index (χ0n) is 14.8. The number of hydrogen-bond acceptors (Lipinski definition) is 4. The molecule has 0 aliphatic rings. The number of phenolic OH excluding ortho intramolecular Hbond substituents is 1. The fourth-order valence-electron chi connectivity index (χ4n) is 3.12. The number of rotatable bonds is 5. The highest BCUT2D eigenvalue weighted by molar-refractivity contribution is 6.58. The summed E-state index contributed by atoms with van der Waals surface area (Å²) in [5.41, 5.74) is 5.71. The first-order valence-corrected chi connectivity index (χ1v) is 8.42. The van der Waals surface area contributed by atoms with Crippen molar-refractivity contribution in [2.45, 2.75) is 20.5 Å². The summed E-state index contributed by atoms with van der Waals surface area (Å²) in [6, 6.07) is 18.3. The number of aromatic hydroxyl groups is 1. The monoisotopic (exact) mass is 348 g/mol. The van der Waals surface area contributed by atoms with Crippen LogP contribution in [0.15, 0.2) is 60.7 Å². The number of ether oxygens (including phenoxy) is 1. The third kappa shape index (κ3) is 4.07. The second-order valence-corrected chi connectivity index (χ2v) is 6.39. The summed E-state index contributed by atoms with van der Waals surface area (Å²) in [6.45, 7) is 4.38. The minimum Gasteiger partial charge on any atom is -0.508 e. The zero-order chi connectivity index (χ0) is 18.7. The lowest BCUT2D eigenvalue weighted by Gasteiger charge is -2.13. The lowest BCUT2D eigenvalue weighted by molar-refractivity contribution is 0.306. The molecule has 3 rings (SSSR count). The van der Waals surface area contributed by atoms with Gasteiger partial charge in [0, 0.05) is 0 Å². The van der Waals surface area contributed by atoms with Crippen molar-refractivity contribution >= 4 is 12.6 Å². The summed E-state index contributed by atoms with van der Waals surface area (Å²) < 4.78 is 5.79. The van der Waals surface area contributed by atoms with Crippen molar-refractivity contribution in [1.29, 1.82) is 0 Å². The molecule has 0 aliphatic carbocycles. The summed E-state index contributed by atoms with van der Waals surface area (Å²) >= 11 is 0. The Bertz CT molecular complexity index is 881. The largest absolute Gasteiger partial charge is 0.508 e. The first-order chi connectivity index (χ1) is 12.4. The van der Waals surface area contributed by atoms with Crippen molar-refractivity contribution in [3.63, 3.8) is 0 Å². The summed E-state index contributed by atoms with van der Waals surface area (Å²) in [5, 5.41) is 28.0. The highest BCUT2D eigenvalue weighted by Gasteiger charge is 2.11. The standard InChI is InChI=1S/C21H21BO4/c1-14-10-19(23)11-15(2)21(14)17-5-3-4-16(12-17)13-26-20-8-6-18(7-9-20)22(24)25/h3-12,23-25H,13H2,1-2H3. The maximum absolute atomic E-state index is 9.73. The summed E-state index contributed by atoms with van der Waals surface area (Å²) in [4.78, 5) is 0. The fraction of sp³-hybridized carbons (Fsp3) is 0.143. The number of aryl methyl sites for hydroxylation is 2. The van der Waals surface area contributed by atoms with E-state index < -0.39 is 7.12 Å². The molecule has 0 atom stereocenters. The Hall–Kier alpha value is -2.76. The minimum atomic E-state index is -1.47. The van der Waals surface area contributed by atoms with Gasteiger partial charge in [0.1, 0.15) is 18.1 Å². The van der Waals surface area contributed by atoms with Crippen LogP contribution < -0.4 is 10.2 Å². The van der Waals surface area contributed by atoms with Crippen LogP contribution in [-0.2, 0) is 6.61 Å². The molecule has 26 heavy (non-hydrogen) atoms. The Kier molecular flexibility index (Phi) is 5.31. The van der Waals surface area contributed by atoms with E-state index in [1.54, 1.807) is 36.4 Å². The SMILES string of the molecule is Cc1cc(O)cc(C)c1-c1cccc(COc2ccc(B(O)O)cc2)c1. The van der Waals surface area contributed by atoms with E-state index in [1.807, 2.05) is 32.0 Å². The molecule has 0 spiro atoms. The lowest BCUT2D eigenvalue weighted by Crippen LogP contribution is -2.29. The first-order valence-electron chi connectivity index (χ1n) is 8.42. The zero-order valence-corrected chi connectivity index (χ0v) is 14.8. The molecular formula is C21H21BO4. The van der Waals surface area contributed by atoms with Crippen LogP contribution in [0, 0.1) is 13.8 Å². The molecule has 0 bridgehead atoms. The molecule has 4 nitrogen and oxygen atoms in total. The van der Waals surface area contributed by atoms with Crippen molar-refractivity contribution in [2.75, 3.05) is 0 Å². The van der Waals surface area contributed by atoms with Gasteiger partial charge in [0.2, 0.25) is 0 Å². The highest BCUT2D eigenvalue weighted by Crippen LogP contribution is 2.31. The Morgan fingerprint density at radius 1 is 0.885 bits per heavy atom. The van der Waals surface area contributed by atoms with Crippen LogP contribution in [-0.4, -0.2) is 22.3 Å². The minimum absolute atomic E-state index is 0.277. The van der Waals surface area contributed by atoms with Gasteiger partial charge in [-0.25, -0.2) is 0 Å². The molecule has 132 valence electrons. The molecule has 0 aliphatic heterocycles. The Morgan fingerprint density at radius 2 is 1.54 bits per heavy atom. The van der Waals surface area contributed by atoms with Crippen LogP contribution >= 0.6 is 0 Å². The molecule has 3 N–H and O–H groups in total. The van der Waals surface area contributed by atoms with E-state index in [0.29, 0.717) is 17.8 Å². The molecule has 0 saturated heterocycles. The molecule has 0 saturated carbocycles. The summed E-state index contributed by atoms with van der Waals surface area (Å²) in [5.74, 6) is 0.941. The van der Waals surface area contributed by atoms with Gasteiger partial charge in [0.15, 0.2) is 0 Å². The van der Waals surface area contributed by atoms with Crippen LogP contribution in [0.2, 0.25) is 0 Å². The van der Waals surface area contributed by atoms with Crippen LogP contribution in [0.5, 0.6) is 11.5 Å². The first kappa shape index (κ1) is 18.0. The predicted octanol–water partition coefficient (Wildman–Crippen LogP) is 2.93. The molecule has 0 amide bonds. The Labute approximate surface area is 153 Å². The van der Waals surface area contributed by atoms with Crippen molar-refractivity contribution in [3.8, 4) is 22.6 Å². The molecule has 3 aromatic carbocycles. The highest BCUT2D eigenvalue weighted by atomic mass is 16.5. The van der Waals surface area contributed by atoms with Crippen molar-refractivity contribution in [3.05, 3.63) is 77.4 Å². The van der Waals surface area contributed by atoms with E-state index in [0.717, 1.165) is 27.8 Å². The third-order valence-corrected chi connectivity index (χ3v) is 4.32. The summed E-state index contributed by atoms with van der Waals surface area (Å²) in [6.07, 6.45) is 0. The fourth-order valence-corrected chi connectivity index (χ4v) is 3.12. The normalized spacial score (nSPS) is 10.6. The Morgan fingerprint density at radius 3 is 2.15 bits per heavy atom. The maximum Gasteiger partial charge on any atom is 0.488 e. The van der Waals surface area contributed by atoms with E-state index in [1.165, 1.54) is 0 Å². The molecule has 0 heterocycles. The van der Waals surface area contributed by atoms with Gasteiger partial charge in [-0.3, -0.25) is 0 Å². The smallest absolute Gasteiger partial charge is 0.488 e. The van der Waals surface area contributed by atoms with Gasteiger partial charge in [-0.15, -0.1) is 0 Å². The van der Waals surface area contributed by atoms with E-state index in [-0.39, 0.29) is 5.75 Å². The second-order valence-electron chi connectivity index (χ2n) is 6.39. The molecule has 5 heteroatoms. The van der Waals surface area contributed by atoms with Gasteiger partial charge in [-0.05, 0) is 77.5 Å². The van der Waals surface area contributed by atoms with Crippen LogP contribution in [0.4, 0.5) is 0 Å². The van der Waals surface area contributed by atoms with Crippen LogP contribution in [0.3, 0.4) is 0 Å². The third-order valence-electron chi connectivity index (χ3n) is 4.32. The van der Waals surface area contributed by atoms with Gasteiger partial charge < -0.3 is 19.9 Å². The van der Waals surface area contributed by atoms with E-state index in [2.05, 4.69) is 6.07 Å². The quantitative estimate of drug-likeness (QED) is 0.620. The van der Waals surface area contributed by atoms with Gasteiger partial charge in [-0.1, -0.05) is 30.3 Å². The van der Waals surface area contributed by atoms with E-state index in [9.17, 15) is 5.11 Å². The van der Waals surface area contributed by atoms with E-state index in [4.69, 9.17) is 14.8 Å². The van der Waals surface area contributed by atoms with Gasteiger partial charge in [-0.2, -0.15) is 0 Å². The number of hydrogen-bond donors (Lipinski definition) is 3. The average Bonchev–Trinajstić information content (AvgIpc) is 2.60. The van der Waals surface area contributed by atoms with E-state index >= 15 is 0 Å². The molecular weight excluding hydrogens is 327 g/mol. The van der Waals surface area contributed by atoms with Crippen molar-refractivity contribution < 1.29 is 19.9 Å². The second kappa shape index (κ2) is 7.64. The van der Waals surface area contributed by atoms with Gasteiger partial charge in [0.25, 0.3) is 0 Å².